The second-order valence-corrected chi connectivity index (χ2v) is 4.04. The van der Waals surface area contributed by atoms with Gasteiger partial charge in [-0.3, -0.25) is 9.59 Å². The molecule has 80 valence electrons. The Labute approximate surface area is 82.1 Å². The van der Waals surface area contributed by atoms with Crippen molar-refractivity contribution in [1.82, 2.24) is 5.32 Å². The molecule has 1 rings (SSSR count). The van der Waals surface area contributed by atoms with Gasteiger partial charge in [-0.05, 0) is 20.8 Å². The number of carboxylic acids is 1. The molecule has 0 saturated carbocycles. The Morgan fingerprint density at radius 1 is 1.57 bits per heavy atom. The standard InChI is InChI=1S/C9H15NO4/c1-4(7(12)13)6-9(3,5(2)11)8(14)10-6/h4-6,11H,1-3H3,(H,10,14)(H,12,13). The maximum absolute atomic E-state index is 11.3. The van der Waals surface area contributed by atoms with Crippen molar-refractivity contribution in [1.29, 1.82) is 0 Å². The molecule has 0 aliphatic carbocycles. The van der Waals surface area contributed by atoms with Crippen LogP contribution in [0.1, 0.15) is 20.8 Å². The summed E-state index contributed by atoms with van der Waals surface area (Å²) in [4.78, 5) is 22.0. The van der Waals surface area contributed by atoms with Gasteiger partial charge >= 0.3 is 5.97 Å². The number of β-lactam (4-membered cyclic amide) rings is 1. The molecule has 1 aliphatic rings. The Balaban J connectivity index is 2.85. The lowest BCUT2D eigenvalue weighted by molar-refractivity contribution is -0.163. The summed E-state index contributed by atoms with van der Waals surface area (Å²) < 4.78 is 0. The molecule has 4 unspecified atom stereocenters. The van der Waals surface area contributed by atoms with Crippen LogP contribution in [0.25, 0.3) is 0 Å². The van der Waals surface area contributed by atoms with Gasteiger partial charge in [-0.2, -0.15) is 0 Å². The maximum atomic E-state index is 11.3. The van der Waals surface area contributed by atoms with Crippen molar-refractivity contribution >= 4 is 11.9 Å². The van der Waals surface area contributed by atoms with Crippen LogP contribution in [0, 0.1) is 11.3 Å². The van der Waals surface area contributed by atoms with Gasteiger partial charge in [-0.15, -0.1) is 0 Å². The first-order valence-corrected chi connectivity index (χ1v) is 4.53. The molecule has 5 heteroatoms. The molecular formula is C9H15NO4. The van der Waals surface area contributed by atoms with Crippen molar-refractivity contribution in [2.45, 2.75) is 32.9 Å². The number of carbonyl (C=O) groups is 2. The molecule has 1 heterocycles. The maximum Gasteiger partial charge on any atom is 0.308 e. The largest absolute Gasteiger partial charge is 0.481 e. The quantitative estimate of drug-likeness (QED) is 0.542. The predicted octanol–water partition coefficient (Wildman–Crippen LogP) is -0.407. The van der Waals surface area contributed by atoms with E-state index < -0.39 is 29.4 Å². The molecule has 0 radical (unpaired) electrons. The number of carbonyl (C=O) groups excluding carboxylic acids is 1. The van der Waals surface area contributed by atoms with Crippen LogP contribution in [0.3, 0.4) is 0 Å². The monoisotopic (exact) mass is 201 g/mol. The van der Waals surface area contributed by atoms with E-state index in [-0.39, 0.29) is 5.91 Å². The van der Waals surface area contributed by atoms with Gasteiger partial charge in [-0.25, -0.2) is 0 Å². The first-order chi connectivity index (χ1) is 6.31. The average Bonchev–Trinajstić information content (AvgIpc) is 2.10. The second-order valence-electron chi connectivity index (χ2n) is 4.04. The first-order valence-electron chi connectivity index (χ1n) is 4.53. The van der Waals surface area contributed by atoms with Crippen LogP contribution in [0.5, 0.6) is 0 Å². The molecule has 4 atom stereocenters. The lowest BCUT2D eigenvalue weighted by Gasteiger charge is -2.49. The minimum atomic E-state index is -0.974. The zero-order valence-electron chi connectivity index (χ0n) is 8.44. The Hall–Kier alpha value is -1.10. The fourth-order valence-electron chi connectivity index (χ4n) is 1.75. The number of amides is 1. The summed E-state index contributed by atoms with van der Waals surface area (Å²) in [5, 5.41) is 20.7. The summed E-state index contributed by atoms with van der Waals surface area (Å²) in [7, 11) is 0. The highest BCUT2D eigenvalue weighted by molar-refractivity contribution is 5.92. The van der Waals surface area contributed by atoms with E-state index in [1.165, 1.54) is 13.8 Å². The lowest BCUT2D eigenvalue weighted by Crippen LogP contribution is -2.72. The van der Waals surface area contributed by atoms with Crippen LogP contribution in [0.15, 0.2) is 0 Å². The number of carboxylic acid groups (broad SMARTS) is 1. The van der Waals surface area contributed by atoms with E-state index in [4.69, 9.17) is 5.11 Å². The minimum absolute atomic E-state index is 0.286. The summed E-state index contributed by atoms with van der Waals surface area (Å²) in [5.41, 5.74) is -0.974. The highest BCUT2D eigenvalue weighted by Crippen LogP contribution is 2.38. The van der Waals surface area contributed by atoms with Gasteiger partial charge in [0.2, 0.25) is 5.91 Å². The molecule has 0 aromatic carbocycles. The van der Waals surface area contributed by atoms with Gasteiger partial charge in [0.25, 0.3) is 0 Å². The van der Waals surface area contributed by atoms with E-state index in [0.717, 1.165) is 0 Å². The van der Waals surface area contributed by atoms with Crippen molar-refractivity contribution < 1.29 is 19.8 Å². The molecule has 0 bridgehead atoms. The Bertz CT molecular complexity index is 276. The molecule has 3 N–H and O–H groups in total. The smallest absolute Gasteiger partial charge is 0.308 e. The number of hydrogen-bond acceptors (Lipinski definition) is 3. The summed E-state index contributed by atoms with van der Waals surface area (Å²) in [5.74, 6) is -1.94. The van der Waals surface area contributed by atoms with E-state index >= 15 is 0 Å². The molecule has 5 nitrogen and oxygen atoms in total. The van der Waals surface area contributed by atoms with Crippen LogP contribution < -0.4 is 5.32 Å². The normalized spacial score (nSPS) is 35.4. The first kappa shape index (κ1) is 11.0. The van der Waals surface area contributed by atoms with E-state index in [9.17, 15) is 14.7 Å². The zero-order chi connectivity index (χ0) is 11.1. The van der Waals surface area contributed by atoms with Crippen LogP contribution in [0.4, 0.5) is 0 Å². The van der Waals surface area contributed by atoms with Crippen molar-refractivity contribution in [3.8, 4) is 0 Å². The number of nitrogens with one attached hydrogen (secondary N) is 1. The van der Waals surface area contributed by atoms with Crippen molar-refractivity contribution in [2.24, 2.45) is 11.3 Å². The third-order valence-corrected chi connectivity index (χ3v) is 3.18. The predicted molar refractivity (Wildman–Crippen MR) is 48.5 cm³/mol. The molecule has 0 spiro atoms. The third kappa shape index (κ3) is 1.28. The van der Waals surface area contributed by atoms with Crippen molar-refractivity contribution in [3.63, 3.8) is 0 Å². The van der Waals surface area contributed by atoms with Gasteiger partial charge in [0.05, 0.1) is 23.5 Å². The molecule has 1 aliphatic heterocycles. The molecular weight excluding hydrogens is 186 g/mol. The van der Waals surface area contributed by atoms with Crippen LogP contribution in [0.2, 0.25) is 0 Å². The molecule has 1 saturated heterocycles. The number of hydrogen-bond donors (Lipinski definition) is 3. The fraction of sp³-hybridized carbons (Fsp3) is 0.778. The Kier molecular flexibility index (Phi) is 2.54. The fourth-order valence-corrected chi connectivity index (χ4v) is 1.75. The number of aliphatic hydroxyl groups is 1. The van der Waals surface area contributed by atoms with E-state index in [0.29, 0.717) is 0 Å². The van der Waals surface area contributed by atoms with Gasteiger partial charge in [0.1, 0.15) is 0 Å². The van der Waals surface area contributed by atoms with Gasteiger partial charge < -0.3 is 15.5 Å². The highest BCUT2D eigenvalue weighted by Gasteiger charge is 2.57. The number of rotatable bonds is 3. The molecule has 0 aromatic rings. The molecule has 0 aromatic heterocycles. The highest BCUT2D eigenvalue weighted by atomic mass is 16.4. The summed E-state index contributed by atoms with van der Waals surface area (Å²) in [6.07, 6.45) is -0.844. The molecule has 14 heavy (non-hydrogen) atoms. The number of aliphatic hydroxyl groups excluding tert-OH is 1. The van der Waals surface area contributed by atoms with Crippen molar-refractivity contribution in [3.05, 3.63) is 0 Å². The molecule has 1 fully saturated rings. The van der Waals surface area contributed by atoms with Gasteiger partial charge in [-0.1, -0.05) is 0 Å². The number of aliphatic carboxylic acids is 1. The van der Waals surface area contributed by atoms with Gasteiger partial charge in [0.15, 0.2) is 0 Å². The third-order valence-electron chi connectivity index (χ3n) is 3.18. The molecule has 1 amide bonds. The van der Waals surface area contributed by atoms with Crippen LogP contribution >= 0.6 is 0 Å². The Morgan fingerprint density at radius 2 is 2.07 bits per heavy atom. The van der Waals surface area contributed by atoms with Crippen molar-refractivity contribution in [2.75, 3.05) is 0 Å². The van der Waals surface area contributed by atoms with E-state index in [1.54, 1.807) is 6.92 Å². The van der Waals surface area contributed by atoms with Crippen LogP contribution in [-0.4, -0.2) is 34.2 Å². The topological polar surface area (TPSA) is 86.6 Å². The van der Waals surface area contributed by atoms with E-state index in [2.05, 4.69) is 5.32 Å². The minimum Gasteiger partial charge on any atom is -0.481 e. The van der Waals surface area contributed by atoms with Gasteiger partial charge in [0, 0.05) is 0 Å². The van der Waals surface area contributed by atoms with E-state index in [1.807, 2.05) is 0 Å². The average molecular weight is 201 g/mol. The summed E-state index contributed by atoms with van der Waals surface area (Å²) >= 11 is 0. The summed E-state index contributed by atoms with van der Waals surface area (Å²) in [6, 6.07) is -0.493. The zero-order valence-corrected chi connectivity index (χ0v) is 8.44. The SMILES string of the molecule is CC(C(=O)O)C1NC(=O)C1(C)C(C)O. The van der Waals surface area contributed by atoms with Crippen LogP contribution in [-0.2, 0) is 9.59 Å². The second kappa shape index (κ2) is 3.24. The lowest BCUT2D eigenvalue weighted by atomic mass is 9.66. The summed E-state index contributed by atoms with van der Waals surface area (Å²) in [6.45, 7) is 4.61. The Morgan fingerprint density at radius 3 is 2.36 bits per heavy atom.